The number of carboxylic acids is 1. The summed E-state index contributed by atoms with van der Waals surface area (Å²) in [4.78, 5) is 22.7. The predicted molar refractivity (Wildman–Crippen MR) is 96.9 cm³/mol. The molecule has 0 bridgehead atoms. The topological polar surface area (TPSA) is 97.2 Å². The largest absolute Gasteiger partial charge is 0.497 e. The SMILES string of the molecule is CC/C(=N/NC(=O)c1ccc(OC)cc1)c1ccc(OCC(=O)O)cc1. The van der Waals surface area contributed by atoms with E-state index in [2.05, 4.69) is 10.5 Å². The lowest BCUT2D eigenvalue weighted by atomic mass is 10.1. The van der Waals surface area contributed by atoms with E-state index < -0.39 is 12.6 Å². The minimum Gasteiger partial charge on any atom is -0.497 e. The Hall–Kier alpha value is -3.35. The van der Waals surface area contributed by atoms with Gasteiger partial charge in [0.1, 0.15) is 11.5 Å². The van der Waals surface area contributed by atoms with E-state index in [-0.39, 0.29) is 5.91 Å². The van der Waals surface area contributed by atoms with E-state index in [4.69, 9.17) is 14.6 Å². The van der Waals surface area contributed by atoms with Crippen molar-refractivity contribution in [3.63, 3.8) is 0 Å². The van der Waals surface area contributed by atoms with Crippen molar-refractivity contribution in [2.24, 2.45) is 5.10 Å². The second kappa shape index (κ2) is 9.22. The number of ether oxygens (including phenoxy) is 2. The average molecular weight is 356 g/mol. The lowest BCUT2D eigenvalue weighted by molar-refractivity contribution is -0.139. The molecule has 0 saturated carbocycles. The third kappa shape index (κ3) is 5.34. The number of benzene rings is 2. The Morgan fingerprint density at radius 2 is 1.58 bits per heavy atom. The molecule has 2 aromatic carbocycles. The van der Waals surface area contributed by atoms with Gasteiger partial charge in [-0.1, -0.05) is 6.92 Å². The van der Waals surface area contributed by atoms with Crippen LogP contribution in [0, 0.1) is 0 Å². The molecule has 2 aromatic rings. The predicted octanol–water partition coefficient (Wildman–Crippen LogP) is 2.70. The number of nitrogens with one attached hydrogen (secondary N) is 1. The zero-order chi connectivity index (χ0) is 18.9. The Labute approximate surface area is 151 Å². The summed E-state index contributed by atoms with van der Waals surface area (Å²) in [6.07, 6.45) is 0.609. The molecule has 1 amide bonds. The van der Waals surface area contributed by atoms with E-state index >= 15 is 0 Å². The van der Waals surface area contributed by atoms with Crippen molar-refractivity contribution in [1.29, 1.82) is 0 Å². The van der Waals surface area contributed by atoms with Crippen LogP contribution in [0.25, 0.3) is 0 Å². The number of rotatable bonds is 8. The van der Waals surface area contributed by atoms with Crippen LogP contribution in [0.1, 0.15) is 29.3 Å². The monoisotopic (exact) mass is 356 g/mol. The zero-order valence-electron chi connectivity index (χ0n) is 14.6. The Kier molecular flexibility index (Phi) is 6.73. The first-order chi connectivity index (χ1) is 12.5. The quantitative estimate of drug-likeness (QED) is 0.560. The molecule has 7 nitrogen and oxygen atoms in total. The number of carbonyl (C=O) groups excluding carboxylic acids is 1. The number of aliphatic carboxylic acids is 1. The maximum absolute atomic E-state index is 12.2. The summed E-state index contributed by atoms with van der Waals surface area (Å²) in [7, 11) is 1.56. The second-order valence-corrected chi connectivity index (χ2v) is 5.29. The number of carbonyl (C=O) groups is 2. The van der Waals surface area contributed by atoms with Crippen molar-refractivity contribution < 1.29 is 24.2 Å². The first kappa shape index (κ1) is 19.0. The highest BCUT2D eigenvalue weighted by atomic mass is 16.5. The molecule has 2 rings (SSSR count). The molecule has 26 heavy (non-hydrogen) atoms. The fourth-order valence-corrected chi connectivity index (χ4v) is 2.16. The van der Waals surface area contributed by atoms with Crippen LogP contribution in [0.2, 0.25) is 0 Å². The standard InChI is InChI=1S/C19H20N2O5/c1-3-17(13-4-10-16(11-5-13)26-12-18(22)23)20-21-19(24)14-6-8-15(25-2)9-7-14/h4-11H,3,12H2,1-2H3,(H,21,24)(H,22,23)/b20-17-. The van der Waals surface area contributed by atoms with Crippen LogP contribution >= 0.6 is 0 Å². The van der Waals surface area contributed by atoms with E-state index in [1.165, 1.54) is 0 Å². The van der Waals surface area contributed by atoms with Crippen LogP contribution in [0.5, 0.6) is 11.5 Å². The molecule has 2 N–H and O–H groups in total. The third-order valence-corrected chi connectivity index (χ3v) is 3.53. The van der Waals surface area contributed by atoms with Gasteiger partial charge in [0.2, 0.25) is 0 Å². The number of hydrazone groups is 1. The Bertz CT molecular complexity index is 783. The van der Waals surface area contributed by atoms with Crippen molar-refractivity contribution in [3.8, 4) is 11.5 Å². The van der Waals surface area contributed by atoms with Crippen molar-refractivity contribution in [1.82, 2.24) is 5.43 Å². The van der Waals surface area contributed by atoms with Crippen LogP contribution in [-0.2, 0) is 4.79 Å². The van der Waals surface area contributed by atoms with E-state index in [1.807, 2.05) is 6.92 Å². The van der Waals surface area contributed by atoms with E-state index in [0.717, 1.165) is 5.56 Å². The first-order valence-electron chi connectivity index (χ1n) is 7.99. The molecule has 0 aromatic heterocycles. The summed E-state index contributed by atoms with van der Waals surface area (Å²) >= 11 is 0. The number of hydrogen-bond acceptors (Lipinski definition) is 5. The van der Waals surface area contributed by atoms with E-state index in [1.54, 1.807) is 55.6 Å². The van der Waals surface area contributed by atoms with Gasteiger partial charge in [-0.2, -0.15) is 5.10 Å². The summed E-state index contributed by atoms with van der Waals surface area (Å²) in [6, 6.07) is 13.6. The molecule has 0 aliphatic carbocycles. The maximum Gasteiger partial charge on any atom is 0.341 e. The minimum absolute atomic E-state index is 0.319. The van der Waals surface area contributed by atoms with Gasteiger partial charge in [0.15, 0.2) is 6.61 Å². The molecule has 0 aliphatic heterocycles. The Balaban J connectivity index is 2.04. The highest BCUT2D eigenvalue weighted by molar-refractivity contribution is 6.02. The lowest BCUT2D eigenvalue weighted by Gasteiger charge is -2.08. The van der Waals surface area contributed by atoms with Crippen LogP contribution in [0.4, 0.5) is 0 Å². The van der Waals surface area contributed by atoms with Crippen molar-refractivity contribution in [2.45, 2.75) is 13.3 Å². The molecule has 7 heteroatoms. The molecule has 136 valence electrons. The molecule has 0 heterocycles. The van der Waals surface area contributed by atoms with Gasteiger partial charge >= 0.3 is 5.97 Å². The Morgan fingerprint density at radius 3 is 2.12 bits per heavy atom. The van der Waals surface area contributed by atoms with Gasteiger partial charge in [-0.05, 0) is 60.5 Å². The lowest BCUT2D eigenvalue weighted by Crippen LogP contribution is -2.20. The molecule has 0 unspecified atom stereocenters. The Morgan fingerprint density at radius 1 is 1.00 bits per heavy atom. The van der Waals surface area contributed by atoms with E-state index in [9.17, 15) is 9.59 Å². The molecule has 0 aliphatic rings. The van der Waals surface area contributed by atoms with Crippen molar-refractivity contribution >= 4 is 17.6 Å². The summed E-state index contributed by atoms with van der Waals surface area (Å²) in [6.45, 7) is 1.53. The molecular weight excluding hydrogens is 336 g/mol. The summed E-state index contributed by atoms with van der Waals surface area (Å²) in [5.74, 6) is -0.232. The number of hydrogen-bond donors (Lipinski definition) is 2. The van der Waals surface area contributed by atoms with Gasteiger partial charge in [-0.3, -0.25) is 4.79 Å². The normalized spacial score (nSPS) is 10.9. The van der Waals surface area contributed by atoms with Gasteiger partial charge < -0.3 is 14.6 Å². The van der Waals surface area contributed by atoms with Crippen LogP contribution in [0.3, 0.4) is 0 Å². The molecule has 0 spiro atoms. The van der Waals surface area contributed by atoms with Crippen molar-refractivity contribution in [2.75, 3.05) is 13.7 Å². The van der Waals surface area contributed by atoms with E-state index in [0.29, 0.717) is 29.2 Å². The summed E-state index contributed by atoms with van der Waals surface area (Å²) < 4.78 is 10.2. The van der Waals surface area contributed by atoms with Crippen LogP contribution < -0.4 is 14.9 Å². The zero-order valence-corrected chi connectivity index (χ0v) is 14.6. The summed E-state index contributed by atoms with van der Waals surface area (Å²) in [5.41, 5.74) is 4.52. The fourth-order valence-electron chi connectivity index (χ4n) is 2.16. The first-order valence-corrected chi connectivity index (χ1v) is 7.99. The fraction of sp³-hybridized carbons (Fsp3) is 0.211. The number of methoxy groups -OCH3 is 1. The minimum atomic E-state index is -1.04. The highest BCUT2D eigenvalue weighted by Crippen LogP contribution is 2.14. The van der Waals surface area contributed by atoms with Gasteiger partial charge in [-0.15, -0.1) is 0 Å². The van der Waals surface area contributed by atoms with Crippen LogP contribution in [0.15, 0.2) is 53.6 Å². The molecule has 0 atom stereocenters. The average Bonchev–Trinajstić information content (AvgIpc) is 2.67. The maximum atomic E-state index is 12.2. The third-order valence-electron chi connectivity index (χ3n) is 3.53. The van der Waals surface area contributed by atoms with Gasteiger partial charge in [0, 0.05) is 5.56 Å². The van der Waals surface area contributed by atoms with Gasteiger partial charge in [-0.25, -0.2) is 10.2 Å². The number of nitrogens with zero attached hydrogens (tertiary/aromatic N) is 1. The molecule has 0 fully saturated rings. The summed E-state index contributed by atoms with van der Waals surface area (Å²) in [5, 5.41) is 12.8. The van der Waals surface area contributed by atoms with Crippen molar-refractivity contribution in [3.05, 3.63) is 59.7 Å². The molecule has 0 saturated heterocycles. The smallest absolute Gasteiger partial charge is 0.341 e. The molecule has 0 radical (unpaired) electrons. The van der Waals surface area contributed by atoms with Gasteiger partial charge in [0.05, 0.1) is 12.8 Å². The molecular formula is C19H20N2O5. The highest BCUT2D eigenvalue weighted by Gasteiger charge is 2.07. The number of amides is 1. The van der Waals surface area contributed by atoms with Gasteiger partial charge in [0.25, 0.3) is 5.91 Å². The van der Waals surface area contributed by atoms with Crippen LogP contribution in [-0.4, -0.2) is 36.4 Å². The second-order valence-electron chi connectivity index (χ2n) is 5.29. The number of carboxylic acid groups (broad SMARTS) is 1.